The quantitative estimate of drug-likeness (QED) is 0.210. The molecule has 2 aromatic heterocycles. The summed E-state index contributed by atoms with van der Waals surface area (Å²) in [6, 6.07) is 18.1. The molecule has 1 aliphatic rings. The maximum atomic E-state index is 14.1. The van der Waals surface area contributed by atoms with Crippen LogP contribution in [0.25, 0.3) is 21.8 Å². The number of rotatable bonds is 6. The summed E-state index contributed by atoms with van der Waals surface area (Å²) in [4.78, 5) is 26.9. The molecule has 0 aliphatic carbocycles. The number of nitrogens with one attached hydrogen (secondary N) is 3. The molecule has 0 unspecified atom stereocenters. The van der Waals surface area contributed by atoms with Crippen LogP contribution < -0.4 is 21.7 Å². The Kier molecular flexibility index (Phi) is 6.89. The van der Waals surface area contributed by atoms with Crippen molar-refractivity contribution in [1.29, 1.82) is 0 Å². The first-order valence-corrected chi connectivity index (χ1v) is 13.3. The predicted octanol–water partition coefficient (Wildman–Crippen LogP) is 5.77. The molecule has 0 atom stereocenters. The van der Waals surface area contributed by atoms with E-state index in [2.05, 4.69) is 38.1 Å². The maximum Gasteiger partial charge on any atom is 0.261 e. The zero-order valence-electron chi connectivity index (χ0n) is 21.0. The number of benzene rings is 3. The van der Waals surface area contributed by atoms with E-state index in [1.165, 1.54) is 28.5 Å². The van der Waals surface area contributed by atoms with E-state index in [0.717, 1.165) is 37.3 Å². The molecule has 5 N–H and O–H groups in total. The number of nitrogens with zero attached hydrogens (tertiary/aromatic N) is 3. The number of fused-ring (bicyclic) bond motifs is 1. The average Bonchev–Trinajstić information content (AvgIpc) is 3.35. The SMILES string of the molecule is Nc1nc(-c2cccc(NC(=O)c3c(F)cccc3F)c2)c(-c2ccnc(Nc3ccc4c(c3)CNCC4)n2)s1. The summed E-state index contributed by atoms with van der Waals surface area (Å²) in [6.45, 7) is 1.80. The van der Waals surface area contributed by atoms with Crippen LogP contribution in [0.15, 0.2) is 72.9 Å². The van der Waals surface area contributed by atoms with E-state index in [1.807, 2.05) is 6.07 Å². The number of aromatic nitrogens is 3. The molecule has 1 amide bonds. The summed E-state index contributed by atoms with van der Waals surface area (Å²) < 4.78 is 28.2. The normalized spacial score (nSPS) is 12.6. The van der Waals surface area contributed by atoms with Crippen molar-refractivity contribution in [2.75, 3.05) is 22.9 Å². The fourth-order valence-electron chi connectivity index (χ4n) is 4.59. The Bertz CT molecular complexity index is 1720. The van der Waals surface area contributed by atoms with Gasteiger partial charge in [-0.3, -0.25) is 4.79 Å². The highest BCUT2D eigenvalue weighted by atomic mass is 32.1. The van der Waals surface area contributed by atoms with Crippen LogP contribution in [0.3, 0.4) is 0 Å². The third kappa shape index (κ3) is 5.24. The van der Waals surface area contributed by atoms with Gasteiger partial charge in [-0.2, -0.15) is 0 Å². The van der Waals surface area contributed by atoms with Gasteiger partial charge in [0, 0.05) is 29.7 Å². The molecular formula is C29H23F2N7OS. The number of anilines is 4. The number of hydrogen-bond acceptors (Lipinski definition) is 8. The second kappa shape index (κ2) is 10.8. The first-order valence-electron chi connectivity index (χ1n) is 12.5. The number of carbonyl (C=O) groups excluding carboxylic acids is 1. The van der Waals surface area contributed by atoms with Gasteiger partial charge in [-0.1, -0.05) is 35.6 Å². The van der Waals surface area contributed by atoms with Crippen LogP contribution in [0.2, 0.25) is 0 Å². The number of halogens is 2. The highest BCUT2D eigenvalue weighted by Crippen LogP contribution is 2.38. The predicted molar refractivity (Wildman–Crippen MR) is 152 cm³/mol. The molecule has 200 valence electrons. The van der Waals surface area contributed by atoms with E-state index in [1.54, 1.807) is 36.5 Å². The number of thiazole rings is 1. The van der Waals surface area contributed by atoms with Gasteiger partial charge in [-0.15, -0.1) is 0 Å². The molecule has 8 nitrogen and oxygen atoms in total. The van der Waals surface area contributed by atoms with Crippen molar-refractivity contribution in [3.8, 4) is 21.8 Å². The lowest BCUT2D eigenvalue weighted by Crippen LogP contribution is -2.23. The van der Waals surface area contributed by atoms with Gasteiger partial charge in [0.15, 0.2) is 5.13 Å². The van der Waals surface area contributed by atoms with Gasteiger partial charge in [0.1, 0.15) is 17.2 Å². The molecule has 0 spiro atoms. The van der Waals surface area contributed by atoms with E-state index in [-0.39, 0.29) is 0 Å². The summed E-state index contributed by atoms with van der Waals surface area (Å²) in [5, 5.41) is 9.56. The standard InChI is InChI=1S/C29H23F2N7OS/c30-21-5-2-6-22(31)24(21)27(39)35-19-4-1-3-17(13-19)25-26(40-28(32)38-25)23-10-12-34-29(37-23)36-20-8-7-16-9-11-33-15-18(16)14-20/h1-8,10,12-14,33H,9,11,15H2,(H2,32,38)(H,35,39)(H,34,36,37). The zero-order valence-corrected chi connectivity index (χ0v) is 21.9. The molecule has 3 heterocycles. The minimum absolute atomic E-state index is 0.336. The third-order valence-corrected chi connectivity index (χ3v) is 7.37. The smallest absolute Gasteiger partial charge is 0.261 e. The van der Waals surface area contributed by atoms with Crippen LogP contribution in [0, 0.1) is 11.6 Å². The topological polar surface area (TPSA) is 118 Å². The van der Waals surface area contributed by atoms with E-state index in [4.69, 9.17) is 10.7 Å². The molecular weight excluding hydrogens is 532 g/mol. The minimum Gasteiger partial charge on any atom is -0.375 e. The van der Waals surface area contributed by atoms with Crippen molar-refractivity contribution in [3.05, 3.63) is 101 Å². The Labute approximate surface area is 232 Å². The highest BCUT2D eigenvalue weighted by molar-refractivity contribution is 7.19. The Hall–Kier alpha value is -4.74. The van der Waals surface area contributed by atoms with Crippen molar-refractivity contribution in [3.63, 3.8) is 0 Å². The molecule has 11 heteroatoms. The van der Waals surface area contributed by atoms with Crippen molar-refractivity contribution in [2.45, 2.75) is 13.0 Å². The lowest BCUT2D eigenvalue weighted by Gasteiger charge is -2.18. The van der Waals surface area contributed by atoms with Crippen molar-refractivity contribution in [1.82, 2.24) is 20.3 Å². The van der Waals surface area contributed by atoms with Crippen molar-refractivity contribution >= 4 is 39.7 Å². The Morgan fingerprint density at radius 2 is 1.77 bits per heavy atom. The molecule has 6 rings (SSSR count). The zero-order chi connectivity index (χ0) is 27.6. The van der Waals surface area contributed by atoms with Gasteiger partial charge in [-0.25, -0.2) is 23.7 Å². The van der Waals surface area contributed by atoms with Crippen LogP contribution >= 0.6 is 11.3 Å². The lowest BCUT2D eigenvalue weighted by molar-refractivity contribution is 0.101. The molecule has 0 saturated carbocycles. The van der Waals surface area contributed by atoms with Crippen LogP contribution in [-0.2, 0) is 13.0 Å². The summed E-state index contributed by atoms with van der Waals surface area (Å²) in [5.41, 5.74) is 11.1. The third-order valence-electron chi connectivity index (χ3n) is 6.46. The van der Waals surface area contributed by atoms with Crippen LogP contribution in [0.5, 0.6) is 0 Å². The summed E-state index contributed by atoms with van der Waals surface area (Å²) in [7, 11) is 0. The molecule has 0 saturated heterocycles. The molecule has 1 aliphatic heterocycles. The first-order chi connectivity index (χ1) is 19.4. The summed E-state index contributed by atoms with van der Waals surface area (Å²) in [6.07, 6.45) is 2.66. The van der Waals surface area contributed by atoms with Crippen LogP contribution in [0.4, 0.5) is 31.2 Å². The van der Waals surface area contributed by atoms with Gasteiger partial charge in [0.2, 0.25) is 5.95 Å². The van der Waals surface area contributed by atoms with Gasteiger partial charge in [-0.05, 0) is 66.6 Å². The van der Waals surface area contributed by atoms with Gasteiger partial charge in [0.05, 0.1) is 16.3 Å². The van der Waals surface area contributed by atoms with Crippen LogP contribution in [0.1, 0.15) is 21.5 Å². The molecule has 40 heavy (non-hydrogen) atoms. The number of nitrogens with two attached hydrogens (primary N) is 1. The summed E-state index contributed by atoms with van der Waals surface area (Å²) in [5.74, 6) is -2.35. The minimum atomic E-state index is -0.941. The van der Waals surface area contributed by atoms with Crippen molar-refractivity contribution < 1.29 is 13.6 Å². The number of nitrogen functional groups attached to an aromatic ring is 1. The maximum absolute atomic E-state index is 14.1. The van der Waals surface area contributed by atoms with E-state index in [0.29, 0.717) is 38.6 Å². The van der Waals surface area contributed by atoms with Gasteiger partial charge in [0.25, 0.3) is 5.91 Å². The van der Waals surface area contributed by atoms with Gasteiger partial charge >= 0.3 is 0 Å². The van der Waals surface area contributed by atoms with E-state index >= 15 is 0 Å². The van der Waals surface area contributed by atoms with E-state index < -0.39 is 23.1 Å². The second-order valence-electron chi connectivity index (χ2n) is 9.16. The Balaban J connectivity index is 1.27. The Morgan fingerprint density at radius 3 is 2.62 bits per heavy atom. The van der Waals surface area contributed by atoms with Gasteiger partial charge < -0.3 is 21.7 Å². The molecule has 0 bridgehead atoms. The number of hydrogen-bond donors (Lipinski definition) is 4. The fourth-order valence-corrected chi connectivity index (χ4v) is 5.42. The first kappa shape index (κ1) is 25.5. The summed E-state index contributed by atoms with van der Waals surface area (Å²) >= 11 is 1.27. The van der Waals surface area contributed by atoms with Crippen molar-refractivity contribution in [2.24, 2.45) is 0 Å². The monoisotopic (exact) mass is 555 g/mol. The second-order valence-corrected chi connectivity index (χ2v) is 10.2. The fraction of sp³-hybridized carbons (Fsp3) is 0.103. The molecule has 3 aromatic carbocycles. The lowest BCUT2D eigenvalue weighted by atomic mass is 10.0. The van der Waals surface area contributed by atoms with Crippen LogP contribution in [-0.4, -0.2) is 27.4 Å². The average molecular weight is 556 g/mol. The number of amides is 1. The highest BCUT2D eigenvalue weighted by Gasteiger charge is 2.19. The largest absolute Gasteiger partial charge is 0.375 e. The molecule has 0 fully saturated rings. The number of carbonyl (C=O) groups is 1. The molecule has 0 radical (unpaired) electrons. The van der Waals surface area contributed by atoms with E-state index in [9.17, 15) is 13.6 Å². The Morgan fingerprint density at radius 1 is 0.950 bits per heavy atom. The molecule has 5 aromatic rings.